The van der Waals surface area contributed by atoms with Crippen molar-refractivity contribution in [3.8, 4) is 0 Å². The average molecular weight is 256 g/mol. The van der Waals surface area contributed by atoms with Gasteiger partial charge < -0.3 is 19.7 Å². The van der Waals surface area contributed by atoms with Crippen molar-refractivity contribution in [3.05, 3.63) is 0 Å². The van der Waals surface area contributed by atoms with Gasteiger partial charge in [-0.2, -0.15) is 0 Å². The topological polar surface area (TPSA) is 50.8 Å². The molecule has 5 heteroatoms. The number of hydrogen-bond donors (Lipinski definition) is 1. The van der Waals surface area contributed by atoms with Crippen LogP contribution in [0.15, 0.2) is 0 Å². The van der Waals surface area contributed by atoms with E-state index in [-0.39, 0.29) is 11.9 Å². The standard InChI is InChI=1S/C13H24N2O3/c1-17-9-10-18-8-7-15-6-2-3-12(13(15)16)14-11-4-5-11/h11-12,14H,2-10H2,1H3. The lowest BCUT2D eigenvalue weighted by molar-refractivity contribution is -0.136. The number of methoxy groups -OCH3 is 1. The predicted octanol–water partition coefficient (Wildman–Crippen LogP) is 0.392. The second-order valence-electron chi connectivity index (χ2n) is 5.07. The van der Waals surface area contributed by atoms with E-state index in [0.717, 1.165) is 19.4 Å². The van der Waals surface area contributed by atoms with Crippen LogP contribution in [0, 0.1) is 0 Å². The molecule has 0 spiro atoms. The molecule has 1 amide bonds. The summed E-state index contributed by atoms with van der Waals surface area (Å²) in [6, 6.07) is 0.641. The Bertz CT molecular complexity index is 269. The van der Waals surface area contributed by atoms with Gasteiger partial charge >= 0.3 is 0 Å². The van der Waals surface area contributed by atoms with Crippen LogP contribution in [0.2, 0.25) is 0 Å². The molecular formula is C13H24N2O3. The van der Waals surface area contributed by atoms with Gasteiger partial charge in [-0.1, -0.05) is 0 Å². The Hall–Kier alpha value is -0.650. The summed E-state index contributed by atoms with van der Waals surface area (Å²) in [5, 5.41) is 3.43. The third kappa shape index (κ3) is 4.23. The van der Waals surface area contributed by atoms with E-state index in [1.54, 1.807) is 7.11 Å². The zero-order valence-corrected chi connectivity index (χ0v) is 11.2. The molecule has 1 aliphatic heterocycles. The lowest BCUT2D eigenvalue weighted by Gasteiger charge is -2.32. The van der Waals surface area contributed by atoms with E-state index >= 15 is 0 Å². The maximum Gasteiger partial charge on any atom is 0.239 e. The van der Waals surface area contributed by atoms with Crippen molar-refractivity contribution >= 4 is 5.91 Å². The van der Waals surface area contributed by atoms with Gasteiger partial charge in [0.05, 0.1) is 25.9 Å². The third-order valence-electron chi connectivity index (χ3n) is 3.48. The van der Waals surface area contributed by atoms with Crippen LogP contribution in [-0.2, 0) is 14.3 Å². The van der Waals surface area contributed by atoms with Gasteiger partial charge in [-0.15, -0.1) is 0 Å². The van der Waals surface area contributed by atoms with Gasteiger partial charge in [0.15, 0.2) is 0 Å². The van der Waals surface area contributed by atoms with Crippen molar-refractivity contribution in [3.63, 3.8) is 0 Å². The van der Waals surface area contributed by atoms with Gasteiger partial charge in [-0.05, 0) is 25.7 Å². The first kappa shape index (κ1) is 13.8. The first-order chi connectivity index (χ1) is 8.81. The van der Waals surface area contributed by atoms with Crippen LogP contribution in [0.4, 0.5) is 0 Å². The van der Waals surface area contributed by atoms with Gasteiger partial charge in [0.1, 0.15) is 0 Å². The Morgan fingerprint density at radius 1 is 1.28 bits per heavy atom. The molecule has 2 rings (SSSR count). The van der Waals surface area contributed by atoms with E-state index in [4.69, 9.17) is 9.47 Å². The number of carbonyl (C=O) groups is 1. The molecule has 1 saturated carbocycles. The lowest BCUT2D eigenvalue weighted by atomic mass is 10.0. The Morgan fingerprint density at radius 2 is 2.11 bits per heavy atom. The molecule has 0 bridgehead atoms. The van der Waals surface area contributed by atoms with Crippen molar-refractivity contribution in [2.24, 2.45) is 0 Å². The fourth-order valence-electron chi connectivity index (χ4n) is 2.27. The quantitative estimate of drug-likeness (QED) is 0.638. The van der Waals surface area contributed by atoms with Crippen LogP contribution in [0.25, 0.3) is 0 Å². The number of amides is 1. The zero-order valence-electron chi connectivity index (χ0n) is 11.2. The number of nitrogens with one attached hydrogen (secondary N) is 1. The van der Waals surface area contributed by atoms with Crippen molar-refractivity contribution in [1.29, 1.82) is 0 Å². The normalized spacial score (nSPS) is 24.6. The highest BCUT2D eigenvalue weighted by Gasteiger charge is 2.32. The van der Waals surface area contributed by atoms with Crippen LogP contribution in [0.1, 0.15) is 25.7 Å². The van der Waals surface area contributed by atoms with E-state index in [9.17, 15) is 4.79 Å². The Labute approximate surface area is 109 Å². The number of piperidine rings is 1. The number of ether oxygens (including phenoxy) is 2. The van der Waals surface area contributed by atoms with Crippen molar-refractivity contribution in [2.75, 3.05) is 40.0 Å². The summed E-state index contributed by atoms with van der Waals surface area (Å²) in [5.74, 6) is 0.253. The van der Waals surface area contributed by atoms with Crippen LogP contribution < -0.4 is 5.32 Å². The largest absolute Gasteiger partial charge is 0.382 e. The first-order valence-corrected chi connectivity index (χ1v) is 6.93. The highest BCUT2D eigenvalue weighted by Crippen LogP contribution is 2.22. The summed E-state index contributed by atoms with van der Waals surface area (Å²) in [5.41, 5.74) is 0. The number of rotatable bonds is 8. The molecule has 0 aromatic rings. The third-order valence-corrected chi connectivity index (χ3v) is 3.48. The van der Waals surface area contributed by atoms with Gasteiger partial charge in [-0.3, -0.25) is 4.79 Å². The maximum atomic E-state index is 12.2. The van der Waals surface area contributed by atoms with Crippen LogP contribution in [-0.4, -0.2) is 62.9 Å². The number of nitrogens with zero attached hydrogens (tertiary/aromatic N) is 1. The molecule has 1 atom stereocenters. The van der Waals surface area contributed by atoms with E-state index in [2.05, 4.69) is 5.32 Å². The van der Waals surface area contributed by atoms with Gasteiger partial charge in [-0.25, -0.2) is 0 Å². The monoisotopic (exact) mass is 256 g/mol. The van der Waals surface area contributed by atoms with E-state index < -0.39 is 0 Å². The molecule has 1 N–H and O–H groups in total. The van der Waals surface area contributed by atoms with Crippen molar-refractivity contribution < 1.29 is 14.3 Å². The van der Waals surface area contributed by atoms with Crippen LogP contribution in [0.3, 0.4) is 0 Å². The van der Waals surface area contributed by atoms with E-state index in [1.165, 1.54) is 12.8 Å². The fourth-order valence-corrected chi connectivity index (χ4v) is 2.27. The summed E-state index contributed by atoms with van der Waals surface area (Å²) in [7, 11) is 1.66. The minimum atomic E-state index is 0.0465. The fraction of sp³-hybridized carbons (Fsp3) is 0.923. The summed E-state index contributed by atoms with van der Waals surface area (Å²) < 4.78 is 10.3. The second-order valence-corrected chi connectivity index (χ2v) is 5.07. The van der Waals surface area contributed by atoms with Crippen molar-refractivity contribution in [2.45, 2.75) is 37.8 Å². The molecule has 0 radical (unpaired) electrons. The summed E-state index contributed by atoms with van der Waals surface area (Å²) >= 11 is 0. The molecule has 2 aliphatic rings. The van der Waals surface area contributed by atoms with Gasteiger partial charge in [0.2, 0.25) is 5.91 Å². The molecule has 0 aromatic carbocycles. The molecule has 5 nitrogen and oxygen atoms in total. The summed E-state index contributed by atoms with van der Waals surface area (Å²) in [4.78, 5) is 14.1. The average Bonchev–Trinajstić information content (AvgIpc) is 3.17. The van der Waals surface area contributed by atoms with Crippen LogP contribution in [0.5, 0.6) is 0 Å². The summed E-state index contributed by atoms with van der Waals surface area (Å²) in [6.07, 6.45) is 4.53. The smallest absolute Gasteiger partial charge is 0.239 e. The number of hydrogen-bond acceptors (Lipinski definition) is 4. The van der Waals surface area contributed by atoms with E-state index in [0.29, 0.717) is 32.4 Å². The predicted molar refractivity (Wildman–Crippen MR) is 68.5 cm³/mol. The van der Waals surface area contributed by atoms with Crippen LogP contribution >= 0.6 is 0 Å². The van der Waals surface area contributed by atoms with Gasteiger partial charge in [0.25, 0.3) is 0 Å². The minimum Gasteiger partial charge on any atom is -0.382 e. The lowest BCUT2D eigenvalue weighted by Crippen LogP contribution is -2.52. The second kappa shape index (κ2) is 7.07. The Balaban J connectivity index is 1.65. The SMILES string of the molecule is COCCOCCN1CCCC(NC2CC2)C1=O. The molecule has 1 unspecified atom stereocenters. The molecule has 1 aliphatic carbocycles. The highest BCUT2D eigenvalue weighted by molar-refractivity contribution is 5.82. The van der Waals surface area contributed by atoms with Gasteiger partial charge in [0, 0.05) is 26.2 Å². The molecule has 1 heterocycles. The molecule has 18 heavy (non-hydrogen) atoms. The first-order valence-electron chi connectivity index (χ1n) is 6.93. The molecule has 104 valence electrons. The Morgan fingerprint density at radius 3 is 2.83 bits per heavy atom. The van der Waals surface area contributed by atoms with Crippen molar-refractivity contribution in [1.82, 2.24) is 10.2 Å². The highest BCUT2D eigenvalue weighted by atomic mass is 16.5. The summed E-state index contributed by atoms with van der Waals surface area (Å²) in [6.45, 7) is 3.38. The zero-order chi connectivity index (χ0) is 12.8. The Kier molecular flexibility index (Phi) is 5.41. The molecule has 1 saturated heterocycles. The molecule has 0 aromatic heterocycles. The minimum absolute atomic E-state index is 0.0465. The molecule has 2 fully saturated rings. The molecular weight excluding hydrogens is 232 g/mol. The van der Waals surface area contributed by atoms with E-state index in [1.807, 2.05) is 4.90 Å². The number of carbonyl (C=O) groups excluding carboxylic acids is 1. The number of likely N-dealkylation sites (tertiary alicyclic amines) is 1. The maximum absolute atomic E-state index is 12.2.